The molecule has 2 N–H and O–H groups in total. The van der Waals surface area contributed by atoms with Gasteiger partial charge in [-0.15, -0.1) is 0 Å². The van der Waals surface area contributed by atoms with Gasteiger partial charge in [0.1, 0.15) is 17.3 Å². The molecule has 3 fully saturated rings. The number of aliphatic imine (C=N–C) groups is 1. The fraction of sp³-hybridized carbons (Fsp3) is 0.395. The molecule has 47 heavy (non-hydrogen) atoms. The molecule has 1 saturated heterocycles. The van der Waals surface area contributed by atoms with Crippen molar-refractivity contribution in [2.24, 2.45) is 21.0 Å². The number of aryl methyl sites for hydroxylation is 2. The Morgan fingerprint density at radius 3 is 2.40 bits per heavy atom. The first kappa shape index (κ1) is 32.4. The van der Waals surface area contributed by atoms with Crippen LogP contribution in [0, 0.1) is 28.5 Å². The zero-order valence-electron chi connectivity index (χ0n) is 26.9. The smallest absolute Gasteiger partial charge is 0.240 e. The molecule has 3 aromatic carbocycles. The van der Waals surface area contributed by atoms with Crippen LogP contribution in [0.15, 0.2) is 89.1 Å². The average molecular weight is 636 g/mol. The monoisotopic (exact) mass is 635 g/mol. The molecule has 1 heterocycles. The highest BCUT2D eigenvalue weighted by atomic mass is 19.1. The predicted octanol–water partition coefficient (Wildman–Crippen LogP) is 7.55. The van der Waals surface area contributed by atoms with E-state index < -0.39 is 17.1 Å². The van der Waals surface area contributed by atoms with Gasteiger partial charge in [-0.05, 0) is 123 Å². The summed E-state index contributed by atoms with van der Waals surface area (Å²) in [5.74, 6) is -1.22. The molecule has 1 unspecified atom stereocenters. The minimum Gasteiger partial charge on any atom is -0.325 e. The number of halogens is 1. The van der Waals surface area contributed by atoms with Crippen molar-refractivity contribution in [3.63, 3.8) is 0 Å². The van der Waals surface area contributed by atoms with Crippen molar-refractivity contribution in [2.45, 2.75) is 64.3 Å². The standard InChI is InChI=1S/C38H42FN5O3/c1-27-10-11-28(12-14-32(43-47)25-44-22-20-37(26-44)16-17-37)23-34(27)40-21-6-5-7-29-13-15-31(24-33(29)39)42-36(46)38(18-19-38)35(45)41-30-8-3-2-4-9-30/h2-6,8-11,13,15,21,23-24,32H,7,12,14,16-20,22,25-26H2,1H3,(H,41,45)(H,42,46)/b6-5+,40-21-. The zero-order chi connectivity index (χ0) is 32.9. The van der Waals surface area contributed by atoms with E-state index in [1.54, 1.807) is 36.6 Å². The van der Waals surface area contributed by atoms with E-state index in [0.717, 1.165) is 49.3 Å². The quantitative estimate of drug-likeness (QED) is 0.108. The number of benzene rings is 3. The Morgan fingerprint density at radius 2 is 1.72 bits per heavy atom. The van der Waals surface area contributed by atoms with Crippen LogP contribution in [0.4, 0.5) is 21.5 Å². The van der Waals surface area contributed by atoms with Crippen LogP contribution in [0.5, 0.6) is 0 Å². The Kier molecular flexibility index (Phi) is 9.73. The molecule has 2 aliphatic carbocycles. The molecule has 2 saturated carbocycles. The van der Waals surface area contributed by atoms with Crippen LogP contribution in [0.2, 0.25) is 0 Å². The molecule has 6 rings (SSSR count). The van der Waals surface area contributed by atoms with E-state index in [-0.39, 0.29) is 11.9 Å². The van der Waals surface area contributed by atoms with Gasteiger partial charge in [0.25, 0.3) is 0 Å². The van der Waals surface area contributed by atoms with Crippen molar-refractivity contribution in [1.82, 2.24) is 4.90 Å². The van der Waals surface area contributed by atoms with Crippen LogP contribution in [-0.4, -0.2) is 48.6 Å². The van der Waals surface area contributed by atoms with Crippen LogP contribution in [0.25, 0.3) is 0 Å². The molecule has 0 aromatic heterocycles. The summed E-state index contributed by atoms with van der Waals surface area (Å²) >= 11 is 0. The molecule has 2 amide bonds. The van der Waals surface area contributed by atoms with Gasteiger partial charge < -0.3 is 15.5 Å². The predicted molar refractivity (Wildman–Crippen MR) is 185 cm³/mol. The molecule has 1 atom stereocenters. The lowest BCUT2D eigenvalue weighted by Crippen LogP contribution is -2.35. The minimum absolute atomic E-state index is 0.202. The summed E-state index contributed by atoms with van der Waals surface area (Å²) in [6.45, 7) is 4.95. The number of carbonyl (C=O) groups excluding carboxylic acids is 2. The van der Waals surface area contributed by atoms with E-state index in [0.29, 0.717) is 41.6 Å². The Hall–Kier alpha value is -4.50. The van der Waals surface area contributed by atoms with Gasteiger partial charge in [0.15, 0.2) is 0 Å². The van der Waals surface area contributed by atoms with Gasteiger partial charge in [0, 0.05) is 30.7 Å². The molecule has 244 valence electrons. The number of carbonyl (C=O) groups is 2. The molecule has 0 bridgehead atoms. The Balaban J connectivity index is 0.974. The summed E-state index contributed by atoms with van der Waals surface area (Å²) in [6.07, 6.45) is 12.0. The maximum Gasteiger partial charge on any atom is 0.240 e. The van der Waals surface area contributed by atoms with E-state index in [9.17, 15) is 18.9 Å². The zero-order valence-corrected chi connectivity index (χ0v) is 26.9. The lowest BCUT2D eigenvalue weighted by atomic mass is 10.0. The summed E-state index contributed by atoms with van der Waals surface area (Å²) in [5.41, 5.74) is 3.87. The first-order valence-corrected chi connectivity index (χ1v) is 16.6. The number of nitroso groups, excluding NO2 is 1. The van der Waals surface area contributed by atoms with Crippen molar-refractivity contribution in [1.29, 1.82) is 0 Å². The maximum atomic E-state index is 14.9. The third-order valence-electron chi connectivity index (χ3n) is 9.87. The van der Waals surface area contributed by atoms with Crippen LogP contribution in [0.3, 0.4) is 0 Å². The number of anilines is 2. The van der Waals surface area contributed by atoms with Gasteiger partial charge in [0.2, 0.25) is 11.8 Å². The second-order valence-corrected chi connectivity index (χ2v) is 13.5. The van der Waals surface area contributed by atoms with Crippen molar-refractivity contribution in [3.8, 4) is 0 Å². The third-order valence-corrected chi connectivity index (χ3v) is 9.87. The summed E-state index contributed by atoms with van der Waals surface area (Å²) in [7, 11) is 0. The second-order valence-electron chi connectivity index (χ2n) is 13.5. The number of hydrogen-bond acceptors (Lipinski definition) is 6. The highest BCUT2D eigenvalue weighted by Gasteiger charge is 2.56. The molecule has 0 radical (unpaired) electrons. The molecule has 9 heteroatoms. The van der Waals surface area contributed by atoms with Gasteiger partial charge in [-0.1, -0.05) is 47.7 Å². The number of allylic oxidation sites excluding steroid dienone is 2. The van der Waals surface area contributed by atoms with E-state index >= 15 is 0 Å². The normalized spacial score (nSPS) is 18.4. The van der Waals surface area contributed by atoms with Crippen LogP contribution < -0.4 is 10.6 Å². The SMILES string of the molecule is Cc1ccc(CCC(CN2CCC3(CC3)C2)N=O)cc1/N=C\C=C\Cc1ccc(NC(=O)C2(C(=O)Nc3ccccc3)CC2)cc1F. The Morgan fingerprint density at radius 1 is 0.957 bits per heavy atom. The summed E-state index contributed by atoms with van der Waals surface area (Å²) in [6, 6.07) is 19.6. The third kappa shape index (κ3) is 8.08. The number of amides is 2. The van der Waals surface area contributed by atoms with Gasteiger partial charge >= 0.3 is 0 Å². The van der Waals surface area contributed by atoms with Crippen molar-refractivity contribution in [2.75, 3.05) is 30.3 Å². The van der Waals surface area contributed by atoms with E-state index in [1.807, 2.05) is 37.3 Å². The molecule has 3 aliphatic rings. The molecule has 8 nitrogen and oxygen atoms in total. The van der Waals surface area contributed by atoms with Gasteiger partial charge in [-0.25, -0.2) is 4.39 Å². The van der Waals surface area contributed by atoms with Crippen LogP contribution in [-0.2, 0) is 22.4 Å². The van der Waals surface area contributed by atoms with Crippen LogP contribution >= 0.6 is 0 Å². The fourth-order valence-corrected chi connectivity index (χ4v) is 6.40. The summed E-state index contributed by atoms with van der Waals surface area (Å²) < 4.78 is 14.9. The molecular weight excluding hydrogens is 593 g/mol. The van der Waals surface area contributed by atoms with Crippen molar-refractivity contribution in [3.05, 3.63) is 106 Å². The lowest BCUT2D eigenvalue weighted by Gasteiger charge is -2.19. The highest BCUT2D eigenvalue weighted by Crippen LogP contribution is 2.52. The number of rotatable bonds is 14. The topological polar surface area (TPSA) is 103 Å². The molecular formula is C38H42FN5O3. The van der Waals surface area contributed by atoms with Crippen LogP contribution in [0.1, 0.15) is 55.2 Å². The first-order chi connectivity index (χ1) is 22.8. The van der Waals surface area contributed by atoms with Gasteiger partial charge in [0.05, 0.1) is 5.69 Å². The van der Waals surface area contributed by atoms with Gasteiger partial charge in [-0.2, -0.15) is 4.91 Å². The molecule has 1 spiro atoms. The van der Waals surface area contributed by atoms with E-state index in [4.69, 9.17) is 0 Å². The number of nitrogens with zero attached hydrogens (tertiary/aromatic N) is 3. The first-order valence-electron chi connectivity index (χ1n) is 16.6. The lowest BCUT2D eigenvalue weighted by molar-refractivity contribution is -0.131. The number of likely N-dealkylation sites (tertiary alicyclic amines) is 1. The van der Waals surface area contributed by atoms with E-state index in [2.05, 4.69) is 37.8 Å². The Bertz CT molecular complexity index is 1680. The fourth-order valence-electron chi connectivity index (χ4n) is 6.40. The number of para-hydroxylation sites is 1. The van der Waals surface area contributed by atoms with E-state index in [1.165, 1.54) is 25.3 Å². The maximum absolute atomic E-state index is 14.9. The van der Waals surface area contributed by atoms with Crippen molar-refractivity contribution < 1.29 is 14.0 Å². The van der Waals surface area contributed by atoms with Crippen molar-refractivity contribution >= 4 is 35.1 Å². The number of hydrogen-bond donors (Lipinski definition) is 2. The molecule has 3 aromatic rings. The Labute approximate surface area is 275 Å². The average Bonchev–Trinajstić information content (AvgIpc) is 3.99. The van der Waals surface area contributed by atoms with Gasteiger partial charge in [-0.3, -0.25) is 14.6 Å². The number of nitrogens with one attached hydrogen (secondary N) is 2. The minimum atomic E-state index is -1.13. The largest absolute Gasteiger partial charge is 0.325 e. The highest BCUT2D eigenvalue weighted by molar-refractivity contribution is 6.16. The summed E-state index contributed by atoms with van der Waals surface area (Å²) in [5, 5.41) is 8.96. The second kappa shape index (κ2) is 14.1. The summed E-state index contributed by atoms with van der Waals surface area (Å²) in [4.78, 5) is 44.3. The molecule has 1 aliphatic heterocycles.